The van der Waals surface area contributed by atoms with Crippen LogP contribution in [-0.4, -0.2) is 29.2 Å². The molecule has 5 nitrogen and oxygen atoms in total. The molecule has 0 spiro atoms. The Morgan fingerprint density at radius 1 is 1.35 bits per heavy atom. The first-order chi connectivity index (χ1) is 9.63. The fraction of sp³-hybridized carbons (Fsp3) is 0.571. The van der Waals surface area contributed by atoms with Crippen molar-refractivity contribution in [2.24, 2.45) is 0 Å². The summed E-state index contributed by atoms with van der Waals surface area (Å²) in [6.07, 6.45) is 2.95. The van der Waals surface area contributed by atoms with Crippen molar-refractivity contribution >= 4 is 23.2 Å². The molecule has 0 aromatic carbocycles. The van der Waals surface area contributed by atoms with Crippen molar-refractivity contribution in [3.8, 4) is 0 Å². The van der Waals surface area contributed by atoms with Crippen LogP contribution in [0.2, 0.25) is 0 Å². The number of fused-ring (bicyclic) bond motifs is 1. The molecule has 20 heavy (non-hydrogen) atoms. The van der Waals surface area contributed by atoms with E-state index in [4.69, 9.17) is 9.84 Å². The average molecular weight is 295 g/mol. The maximum Gasteiger partial charge on any atom is 0.332 e. The van der Waals surface area contributed by atoms with Gasteiger partial charge >= 0.3 is 5.97 Å². The Balaban J connectivity index is 1.51. The molecule has 1 aromatic rings. The fourth-order valence-electron chi connectivity index (χ4n) is 2.78. The first kappa shape index (κ1) is 13.6. The van der Waals surface area contributed by atoms with Crippen LogP contribution in [0.4, 0.5) is 0 Å². The molecule has 6 heteroatoms. The van der Waals surface area contributed by atoms with E-state index in [1.807, 2.05) is 0 Å². The van der Waals surface area contributed by atoms with Crippen LogP contribution in [0, 0.1) is 0 Å². The quantitative estimate of drug-likeness (QED) is 0.882. The molecule has 2 unspecified atom stereocenters. The zero-order valence-corrected chi connectivity index (χ0v) is 11.9. The molecule has 0 radical (unpaired) electrons. The minimum atomic E-state index is -0.991. The molecule has 1 amide bonds. The Bertz CT molecular complexity index is 518. The first-order valence-corrected chi connectivity index (χ1v) is 7.71. The lowest BCUT2D eigenvalue weighted by molar-refractivity contribution is -0.151. The molecule has 1 saturated heterocycles. The van der Waals surface area contributed by atoms with Gasteiger partial charge in [0.2, 0.25) is 5.91 Å². The number of amides is 1. The second kappa shape index (κ2) is 5.54. The number of carboxylic acid groups (broad SMARTS) is 1. The molecule has 2 aliphatic rings. The van der Waals surface area contributed by atoms with Gasteiger partial charge in [-0.05, 0) is 43.7 Å². The number of ether oxygens (including phenoxy) is 1. The molecular formula is C14H17NO4S. The van der Waals surface area contributed by atoms with Crippen LogP contribution in [0.5, 0.6) is 0 Å². The summed E-state index contributed by atoms with van der Waals surface area (Å²) in [5, 5.41) is 11.7. The van der Waals surface area contributed by atoms with Gasteiger partial charge < -0.3 is 15.2 Å². The van der Waals surface area contributed by atoms with Gasteiger partial charge in [-0.2, -0.15) is 0 Å². The Labute approximate surface area is 120 Å². The number of hydrogen-bond donors (Lipinski definition) is 2. The Hall–Kier alpha value is -1.40. The third kappa shape index (κ3) is 2.71. The summed E-state index contributed by atoms with van der Waals surface area (Å²) in [7, 11) is 0. The highest BCUT2D eigenvalue weighted by molar-refractivity contribution is 7.12. The Kier molecular flexibility index (Phi) is 3.76. The normalized spacial score (nSPS) is 24.6. The van der Waals surface area contributed by atoms with Crippen molar-refractivity contribution in [1.29, 1.82) is 0 Å². The lowest BCUT2D eigenvalue weighted by Gasteiger charge is -2.11. The summed E-state index contributed by atoms with van der Waals surface area (Å²) < 4.78 is 5.23. The van der Waals surface area contributed by atoms with Gasteiger partial charge in [0.15, 0.2) is 6.10 Å². The highest BCUT2D eigenvalue weighted by Crippen LogP contribution is 2.30. The van der Waals surface area contributed by atoms with Crippen molar-refractivity contribution in [1.82, 2.24) is 5.32 Å². The van der Waals surface area contributed by atoms with Crippen molar-refractivity contribution < 1.29 is 19.4 Å². The number of aliphatic carboxylic acids is 1. The van der Waals surface area contributed by atoms with Gasteiger partial charge in [0.05, 0.1) is 6.54 Å². The molecule has 2 atom stereocenters. The number of aryl methyl sites for hydroxylation is 2. The molecular weight excluding hydrogens is 278 g/mol. The molecule has 2 heterocycles. The summed E-state index contributed by atoms with van der Waals surface area (Å²) in [4.78, 5) is 25.3. The molecule has 1 aromatic heterocycles. The highest BCUT2D eigenvalue weighted by atomic mass is 32.1. The van der Waals surface area contributed by atoms with Gasteiger partial charge in [-0.1, -0.05) is 0 Å². The maximum atomic E-state index is 11.9. The molecule has 1 aliphatic heterocycles. The first-order valence-electron chi connectivity index (χ1n) is 6.90. The van der Waals surface area contributed by atoms with E-state index in [9.17, 15) is 9.59 Å². The summed E-state index contributed by atoms with van der Waals surface area (Å²) >= 11 is 1.76. The highest BCUT2D eigenvalue weighted by Gasteiger charge is 2.34. The predicted molar refractivity (Wildman–Crippen MR) is 73.7 cm³/mol. The van der Waals surface area contributed by atoms with Crippen LogP contribution < -0.4 is 5.32 Å². The smallest absolute Gasteiger partial charge is 0.332 e. The number of carbonyl (C=O) groups excluding carboxylic acids is 1. The Morgan fingerprint density at radius 2 is 2.15 bits per heavy atom. The SMILES string of the molecule is O=C(O)C1CCC(C(=O)NCc2cc3c(s2)CCC3)O1. The van der Waals surface area contributed by atoms with Crippen LogP contribution >= 0.6 is 11.3 Å². The van der Waals surface area contributed by atoms with Gasteiger partial charge in [0, 0.05) is 9.75 Å². The molecule has 2 N–H and O–H groups in total. The molecule has 0 bridgehead atoms. The molecule has 1 fully saturated rings. The number of rotatable bonds is 4. The minimum absolute atomic E-state index is 0.206. The second-order valence-electron chi connectivity index (χ2n) is 5.26. The maximum absolute atomic E-state index is 11.9. The second-order valence-corrected chi connectivity index (χ2v) is 6.48. The zero-order valence-electron chi connectivity index (χ0n) is 11.1. The van der Waals surface area contributed by atoms with Crippen molar-refractivity contribution in [2.45, 2.75) is 50.9 Å². The van der Waals surface area contributed by atoms with Crippen LogP contribution in [0.1, 0.15) is 34.6 Å². The van der Waals surface area contributed by atoms with E-state index in [-0.39, 0.29) is 5.91 Å². The van der Waals surface area contributed by atoms with Crippen molar-refractivity contribution in [3.05, 3.63) is 21.4 Å². The van der Waals surface area contributed by atoms with E-state index in [0.717, 1.165) is 17.7 Å². The molecule has 1 aliphatic carbocycles. The number of nitrogens with one attached hydrogen (secondary N) is 1. The van der Waals surface area contributed by atoms with E-state index < -0.39 is 18.2 Å². The summed E-state index contributed by atoms with van der Waals surface area (Å²) in [6, 6.07) is 2.17. The largest absolute Gasteiger partial charge is 0.479 e. The van der Waals surface area contributed by atoms with Crippen LogP contribution in [0.3, 0.4) is 0 Å². The van der Waals surface area contributed by atoms with Gasteiger partial charge in [-0.15, -0.1) is 11.3 Å². The van der Waals surface area contributed by atoms with Crippen molar-refractivity contribution in [3.63, 3.8) is 0 Å². The third-order valence-electron chi connectivity index (χ3n) is 3.82. The minimum Gasteiger partial charge on any atom is -0.479 e. The fourth-order valence-corrected chi connectivity index (χ4v) is 3.98. The monoisotopic (exact) mass is 295 g/mol. The number of thiophene rings is 1. The summed E-state index contributed by atoms with van der Waals surface area (Å²) in [5.74, 6) is -1.20. The van der Waals surface area contributed by atoms with E-state index >= 15 is 0 Å². The van der Waals surface area contributed by atoms with Gasteiger partial charge in [0.25, 0.3) is 0 Å². The number of carboxylic acids is 1. The Morgan fingerprint density at radius 3 is 2.85 bits per heavy atom. The standard InChI is InChI=1S/C14H17NO4S/c16-13(10-4-5-11(19-10)14(17)18)15-7-9-6-8-2-1-3-12(8)20-9/h6,10-11H,1-5,7H2,(H,15,16)(H,17,18). The van der Waals surface area contributed by atoms with Crippen LogP contribution in [0.15, 0.2) is 6.07 Å². The van der Waals surface area contributed by atoms with E-state index in [2.05, 4.69) is 11.4 Å². The third-order valence-corrected chi connectivity index (χ3v) is 5.06. The molecule has 0 saturated carbocycles. The number of carbonyl (C=O) groups is 2. The van der Waals surface area contributed by atoms with Gasteiger partial charge in [-0.3, -0.25) is 4.79 Å². The van der Waals surface area contributed by atoms with E-state index in [1.165, 1.54) is 16.9 Å². The topological polar surface area (TPSA) is 75.6 Å². The van der Waals surface area contributed by atoms with Crippen LogP contribution in [0.25, 0.3) is 0 Å². The average Bonchev–Trinajstić information content (AvgIpc) is 3.10. The van der Waals surface area contributed by atoms with Gasteiger partial charge in [-0.25, -0.2) is 4.79 Å². The van der Waals surface area contributed by atoms with Crippen LogP contribution in [-0.2, 0) is 33.7 Å². The lowest BCUT2D eigenvalue weighted by atomic mass is 10.2. The summed E-state index contributed by atoms with van der Waals surface area (Å²) in [5.41, 5.74) is 1.42. The zero-order chi connectivity index (χ0) is 14.1. The van der Waals surface area contributed by atoms with Gasteiger partial charge in [0.1, 0.15) is 6.10 Å². The molecule has 3 rings (SSSR count). The predicted octanol–water partition coefficient (Wildman–Crippen LogP) is 1.49. The number of hydrogen-bond acceptors (Lipinski definition) is 4. The van der Waals surface area contributed by atoms with E-state index in [0.29, 0.717) is 19.4 Å². The van der Waals surface area contributed by atoms with Crippen molar-refractivity contribution in [2.75, 3.05) is 0 Å². The van der Waals surface area contributed by atoms with E-state index in [1.54, 1.807) is 11.3 Å². The summed E-state index contributed by atoms with van der Waals surface area (Å²) in [6.45, 7) is 0.508. The lowest BCUT2D eigenvalue weighted by Crippen LogP contribution is -2.35. The molecule has 108 valence electrons.